The van der Waals surface area contributed by atoms with E-state index in [0.717, 1.165) is 11.3 Å². The predicted molar refractivity (Wildman–Crippen MR) is 109 cm³/mol. The lowest BCUT2D eigenvalue weighted by atomic mass is 10.1. The van der Waals surface area contributed by atoms with Gasteiger partial charge in [-0.25, -0.2) is 4.79 Å². The summed E-state index contributed by atoms with van der Waals surface area (Å²) in [6.45, 7) is 4.93. The summed E-state index contributed by atoms with van der Waals surface area (Å²) in [6, 6.07) is 4.97. The molecule has 1 aromatic heterocycles. The fraction of sp³-hybridized carbons (Fsp3) is 0.211. The van der Waals surface area contributed by atoms with Gasteiger partial charge in [-0.1, -0.05) is 29.3 Å². The molecule has 1 N–H and O–H groups in total. The molecule has 27 heavy (non-hydrogen) atoms. The molecular weight excluding hydrogens is 409 g/mol. The maximum absolute atomic E-state index is 12.3. The molecule has 5 nitrogen and oxygen atoms in total. The monoisotopic (exact) mass is 425 g/mol. The molecular formula is C19H17Cl2NO4S. The van der Waals surface area contributed by atoms with E-state index in [1.807, 2.05) is 0 Å². The Morgan fingerprint density at radius 1 is 1.22 bits per heavy atom. The summed E-state index contributed by atoms with van der Waals surface area (Å²) in [5.74, 6) is -1.22. The van der Waals surface area contributed by atoms with Crippen LogP contribution in [0.3, 0.4) is 0 Å². The Bertz CT molecular complexity index is 934. The van der Waals surface area contributed by atoms with Gasteiger partial charge in [0.1, 0.15) is 5.00 Å². The van der Waals surface area contributed by atoms with Crippen LogP contribution in [0.2, 0.25) is 10.0 Å². The van der Waals surface area contributed by atoms with E-state index in [1.54, 1.807) is 38.1 Å². The van der Waals surface area contributed by atoms with Crippen molar-refractivity contribution >= 4 is 63.3 Å². The summed E-state index contributed by atoms with van der Waals surface area (Å²) in [6.07, 6.45) is 2.87. The highest BCUT2D eigenvalue weighted by molar-refractivity contribution is 7.18. The SMILES string of the molecule is CCOC(=O)c1c(NC(=O)C=Cc2ccc(Cl)c(Cl)c2)sc(C(C)=O)c1C. The number of ether oxygens (including phenoxy) is 1. The van der Waals surface area contributed by atoms with Gasteiger partial charge in [-0.2, -0.15) is 0 Å². The number of thiophene rings is 1. The van der Waals surface area contributed by atoms with Gasteiger partial charge in [0, 0.05) is 6.08 Å². The third kappa shape index (κ3) is 5.19. The van der Waals surface area contributed by atoms with E-state index in [0.29, 0.717) is 26.0 Å². The second kappa shape index (κ2) is 9.17. The second-order valence-corrected chi connectivity index (χ2v) is 7.37. The zero-order valence-corrected chi connectivity index (χ0v) is 17.2. The topological polar surface area (TPSA) is 72.5 Å². The van der Waals surface area contributed by atoms with Crippen molar-refractivity contribution in [3.05, 3.63) is 55.9 Å². The van der Waals surface area contributed by atoms with E-state index in [4.69, 9.17) is 27.9 Å². The number of anilines is 1. The number of carbonyl (C=O) groups is 3. The van der Waals surface area contributed by atoms with Gasteiger partial charge < -0.3 is 10.1 Å². The van der Waals surface area contributed by atoms with Gasteiger partial charge in [0.25, 0.3) is 0 Å². The van der Waals surface area contributed by atoms with Crippen molar-refractivity contribution in [1.29, 1.82) is 0 Å². The molecule has 1 aromatic carbocycles. The number of nitrogens with one attached hydrogen (secondary N) is 1. The molecule has 1 heterocycles. The maximum Gasteiger partial charge on any atom is 0.341 e. The Morgan fingerprint density at radius 2 is 1.93 bits per heavy atom. The van der Waals surface area contributed by atoms with Crippen molar-refractivity contribution in [2.45, 2.75) is 20.8 Å². The minimum Gasteiger partial charge on any atom is -0.462 e. The molecule has 0 saturated heterocycles. The van der Waals surface area contributed by atoms with E-state index in [1.165, 1.54) is 13.0 Å². The summed E-state index contributed by atoms with van der Waals surface area (Å²) in [5, 5.41) is 3.72. The van der Waals surface area contributed by atoms with Crippen LogP contribution >= 0.6 is 34.5 Å². The summed E-state index contributed by atoms with van der Waals surface area (Å²) < 4.78 is 5.04. The molecule has 0 fully saturated rings. The first-order valence-electron chi connectivity index (χ1n) is 8.00. The zero-order valence-electron chi connectivity index (χ0n) is 14.9. The Hall–Kier alpha value is -2.15. The number of Topliss-reactive ketones (excluding diaryl/α,β-unsaturated/α-hetero) is 1. The highest BCUT2D eigenvalue weighted by Gasteiger charge is 2.24. The molecule has 0 unspecified atom stereocenters. The lowest BCUT2D eigenvalue weighted by Crippen LogP contribution is -2.12. The summed E-state index contributed by atoms with van der Waals surface area (Å²) in [5.41, 5.74) is 1.38. The van der Waals surface area contributed by atoms with Crippen molar-refractivity contribution in [3.8, 4) is 0 Å². The highest BCUT2D eigenvalue weighted by Crippen LogP contribution is 2.34. The molecule has 2 aromatic rings. The summed E-state index contributed by atoms with van der Waals surface area (Å²) in [4.78, 5) is 36.7. The zero-order chi connectivity index (χ0) is 20.1. The first-order valence-corrected chi connectivity index (χ1v) is 9.57. The van der Waals surface area contributed by atoms with Gasteiger partial charge in [-0.15, -0.1) is 11.3 Å². The number of halogens is 2. The van der Waals surface area contributed by atoms with Crippen LogP contribution < -0.4 is 5.32 Å². The first kappa shape index (κ1) is 21.2. The second-order valence-electron chi connectivity index (χ2n) is 5.53. The van der Waals surface area contributed by atoms with Crippen molar-refractivity contribution in [2.75, 3.05) is 11.9 Å². The molecule has 8 heteroatoms. The van der Waals surface area contributed by atoms with Gasteiger partial charge in [-0.3, -0.25) is 9.59 Å². The average molecular weight is 426 g/mol. The quantitative estimate of drug-likeness (QED) is 0.382. The number of esters is 1. The third-order valence-electron chi connectivity index (χ3n) is 3.55. The highest BCUT2D eigenvalue weighted by atomic mass is 35.5. The van der Waals surface area contributed by atoms with Crippen molar-refractivity contribution < 1.29 is 19.1 Å². The van der Waals surface area contributed by atoms with Crippen molar-refractivity contribution in [2.24, 2.45) is 0 Å². The molecule has 0 saturated carbocycles. The van der Waals surface area contributed by atoms with E-state index >= 15 is 0 Å². The Labute approximate surface area is 170 Å². The lowest BCUT2D eigenvalue weighted by Gasteiger charge is -2.05. The van der Waals surface area contributed by atoms with Crippen LogP contribution in [0.4, 0.5) is 5.00 Å². The molecule has 0 aliphatic rings. The Kier molecular flexibility index (Phi) is 7.18. The molecule has 142 valence electrons. The summed E-state index contributed by atoms with van der Waals surface area (Å²) in [7, 11) is 0. The molecule has 0 aliphatic heterocycles. The molecule has 0 aliphatic carbocycles. The molecule has 0 atom stereocenters. The molecule has 1 amide bonds. The normalized spacial score (nSPS) is 10.9. The van der Waals surface area contributed by atoms with Gasteiger partial charge in [0.15, 0.2) is 5.78 Å². The van der Waals surface area contributed by atoms with Gasteiger partial charge in [0.2, 0.25) is 5.91 Å². The number of hydrogen-bond donors (Lipinski definition) is 1. The van der Waals surface area contributed by atoms with E-state index in [9.17, 15) is 14.4 Å². The minimum atomic E-state index is -0.581. The van der Waals surface area contributed by atoms with E-state index < -0.39 is 11.9 Å². The van der Waals surface area contributed by atoms with Crippen LogP contribution in [0.25, 0.3) is 6.08 Å². The molecule has 0 spiro atoms. The number of amides is 1. The fourth-order valence-corrected chi connectivity index (χ4v) is 3.73. The van der Waals surface area contributed by atoms with Crippen molar-refractivity contribution in [1.82, 2.24) is 0 Å². The fourth-order valence-electron chi connectivity index (χ4n) is 2.33. The van der Waals surface area contributed by atoms with Crippen LogP contribution in [0.15, 0.2) is 24.3 Å². The average Bonchev–Trinajstić information content (AvgIpc) is 2.92. The lowest BCUT2D eigenvalue weighted by molar-refractivity contribution is -0.111. The van der Waals surface area contributed by atoms with Crippen LogP contribution in [-0.2, 0) is 9.53 Å². The first-order chi connectivity index (χ1) is 12.7. The number of carbonyl (C=O) groups excluding carboxylic acids is 3. The van der Waals surface area contributed by atoms with E-state index in [-0.39, 0.29) is 23.0 Å². The molecule has 0 bridgehead atoms. The number of benzene rings is 1. The largest absolute Gasteiger partial charge is 0.462 e. The Balaban J connectivity index is 2.27. The van der Waals surface area contributed by atoms with Crippen LogP contribution in [0.5, 0.6) is 0 Å². The van der Waals surface area contributed by atoms with Gasteiger partial charge in [0.05, 0.1) is 27.1 Å². The standard InChI is InChI=1S/C19H17Cl2NO4S/c1-4-26-19(25)16-10(2)17(11(3)23)27-18(16)22-15(24)8-6-12-5-7-13(20)14(21)9-12/h5-9H,4H2,1-3H3,(H,22,24). The van der Waals surface area contributed by atoms with Crippen molar-refractivity contribution in [3.63, 3.8) is 0 Å². The number of rotatable bonds is 6. The molecule has 2 rings (SSSR count). The van der Waals surface area contributed by atoms with Crippen LogP contribution in [-0.4, -0.2) is 24.3 Å². The smallest absolute Gasteiger partial charge is 0.341 e. The number of hydrogen-bond acceptors (Lipinski definition) is 5. The number of ketones is 1. The van der Waals surface area contributed by atoms with Crippen LogP contribution in [0.1, 0.15) is 45.0 Å². The molecule has 0 radical (unpaired) electrons. The predicted octanol–water partition coefficient (Wildman–Crippen LogP) is 5.39. The maximum atomic E-state index is 12.3. The van der Waals surface area contributed by atoms with Crippen LogP contribution in [0, 0.1) is 6.92 Å². The van der Waals surface area contributed by atoms with E-state index in [2.05, 4.69) is 5.32 Å². The van der Waals surface area contributed by atoms with Gasteiger partial charge in [-0.05, 0) is 50.1 Å². The summed E-state index contributed by atoms with van der Waals surface area (Å²) >= 11 is 12.9. The third-order valence-corrected chi connectivity index (χ3v) is 5.60. The Morgan fingerprint density at radius 3 is 2.52 bits per heavy atom. The minimum absolute atomic E-state index is 0.185. The van der Waals surface area contributed by atoms with Gasteiger partial charge >= 0.3 is 5.97 Å².